The molecule has 5 heteroatoms. The molecule has 6 rings (SSSR count). The standard InChI is InChI=1S/C27H40O5/c1-14-7-10-27(31-13-14)15(2)21-20(32-27)12-19-18-6-5-16-11-17(28)8-9-25(16,3)22(18)23(29)24(30)26(19,21)4/h14-22,28H,5-13H2,1-4H3/t14-,15+,16+,17+,18+,19+,20+,21+,22-,25+,26+,27-/m1/s1. The summed E-state index contributed by atoms with van der Waals surface area (Å²) in [5.74, 6) is 0.607. The van der Waals surface area contributed by atoms with Gasteiger partial charge in [-0.15, -0.1) is 0 Å². The molecule has 2 saturated heterocycles. The first-order chi connectivity index (χ1) is 15.1. The smallest absolute Gasteiger partial charge is 0.205 e. The van der Waals surface area contributed by atoms with Gasteiger partial charge in [-0.05, 0) is 74.0 Å². The maximum Gasteiger partial charge on any atom is 0.205 e. The predicted molar refractivity (Wildman–Crippen MR) is 119 cm³/mol. The Morgan fingerprint density at radius 3 is 2.50 bits per heavy atom. The number of ether oxygens (including phenoxy) is 2. The maximum atomic E-state index is 14.0. The quantitative estimate of drug-likeness (QED) is 0.568. The molecule has 0 unspecified atom stereocenters. The predicted octanol–water partition coefficient (Wildman–Crippen LogP) is 4.15. The Morgan fingerprint density at radius 2 is 1.78 bits per heavy atom. The van der Waals surface area contributed by atoms with E-state index in [-0.39, 0.29) is 58.8 Å². The van der Waals surface area contributed by atoms with Crippen LogP contribution < -0.4 is 0 Å². The molecule has 0 amide bonds. The highest BCUT2D eigenvalue weighted by Crippen LogP contribution is 2.69. The lowest BCUT2D eigenvalue weighted by molar-refractivity contribution is -0.272. The average molecular weight is 445 g/mol. The molecule has 2 heterocycles. The molecular weight excluding hydrogens is 404 g/mol. The Morgan fingerprint density at radius 1 is 1.00 bits per heavy atom. The molecule has 0 bridgehead atoms. The molecular formula is C27H40O5. The zero-order valence-electron chi connectivity index (χ0n) is 20.1. The van der Waals surface area contributed by atoms with Crippen LogP contribution in [-0.2, 0) is 19.1 Å². The molecule has 0 aromatic heterocycles. The molecule has 4 aliphatic carbocycles. The van der Waals surface area contributed by atoms with Crippen LogP contribution in [0.1, 0.15) is 79.1 Å². The first-order valence-electron chi connectivity index (χ1n) is 13.2. The average Bonchev–Trinajstić information content (AvgIpc) is 3.20. The van der Waals surface area contributed by atoms with E-state index >= 15 is 0 Å². The zero-order valence-corrected chi connectivity index (χ0v) is 20.1. The van der Waals surface area contributed by atoms with Gasteiger partial charge in [0.15, 0.2) is 5.79 Å². The first kappa shape index (κ1) is 21.7. The van der Waals surface area contributed by atoms with Gasteiger partial charge in [0, 0.05) is 29.6 Å². The molecule has 2 aliphatic heterocycles. The van der Waals surface area contributed by atoms with Crippen LogP contribution in [0.2, 0.25) is 0 Å². The van der Waals surface area contributed by atoms with E-state index in [1.165, 1.54) is 0 Å². The van der Waals surface area contributed by atoms with E-state index in [9.17, 15) is 14.7 Å². The van der Waals surface area contributed by atoms with Crippen molar-refractivity contribution >= 4 is 11.6 Å². The van der Waals surface area contributed by atoms with Gasteiger partial charge in [0.25, 0.3) is 0 Å². The van der Waals surface area contributed by atoms with Crippen molar-refractivity contribution < 1.29 is 24.2 Å². The van der Waals surface area contributed by atoms with Crippen molar-refractivity contribution in [2.24, 2.45) is 52.3 Å². The van der Waals surface area contributed by atoms with Gasteiger partial charge in [-0.3, -0.25) is 9.59 Å². The second kappa shape index (κ2) is 6.88. The van der Waals surface area contributed by atoms with Crippen molar-refractivity contribution in [2.75, 3.05) is 6.61 Å². The van der Waals surface area contributed by atoms with Crippen molar-refractivity contribution in [3.05, 3.63) is 0 Å². The topological polar surface area (TPSA) is 72.8 Å². The minimum atomic E-state index is -0.629. The number of hydrogen-bond acceptors (Lipinski definition) is 5. The van der Waals surface area contributed by atoms with Gasteiger partial charge >= 0.3 is 0 Å². The maximum absolute atomic E-state index is 14.0. The van der Waals surface area contributed by atoms with Gasteiger partial charge in [0.1, 0.15) is 0 Å². The number of aliphatic hydroxyl groups excluding tert-OH is 1. The molecule has 5 nitrogen and oxygen atoms in total. The molecule has 4 saturated carbocycles. The lowest BCUT2D eigenvalue weighted by Crippen LogP contribution is -2.62. The summed E-state index contributed by atoms with van der Waals surface area (Å²) in [5, 5.41) is 10.3. The van der Waals surface area contributed by atoms with Gasteiger partial charge < -0.3 is 14.6 Å². The summed E-state index contributed by atoms with van der Waals surface area (Å²) < 4.78 is 13.1. The monoisotopic (exact) mass is 444 g/mol. The molecule has 0 aromatic rings. The number of carbonyl (C=O) groups excluding carboxylic acids is 2. The number of ketones is 2. The highest BCUT2D eigenvalue weighted by atomic mass is 16.7. The first-order valence-corrected chi connectivity index (χ1v) is 13.2. The highest BCUT2D eigenvalue weighted by Gasteiger charge is 2.73. The zero-order chi connectivity index (χ0) is 22.6. The van der Waals surface area contributed by atoms with E-state index in [0.29, 0.717) is 18.4 Å². The minimum absolute atomic E-state index is 0.0163. The van der Waals surface area contributed by atoms with Crippen molar-refractivity contribution in [1.29, 1.82) is 0 Å². The number of fused-ring (bicyclic) bond motifs is 7. The Kier molecular flexibility index (Phi) is 4.68. The van der Waals surface area contributed by atoms with Crippen molar-refractivity contribution in [3.8, 4) is 0 Å². The summed E-state index contributed by atoms with van der Waals surface area (Å²) in [6.07, 6.45) is 7.10. The lowest BCUT2D eigenvalue weighted by atomic mass is 9.43. The summed E-state index contributed by atoms with van der Waals surface area (Å²) in [7, 11) is 0. The molecule has 6 aliphatic rings. The van der Waals surface area contributed by atoms with Crippen molar-refractivity contribution in [1.82, 2.24) is 0 Å². The molecule has 6 fully saturated rings. The Balaban J connectivity index is 1.34. The summed E-state index contributed by atoms with van der Waals surface area (Å²) in [4.78, 5) is 27.9. The third kappa shape index (κ3) is 2.57. The summed E-state index contributed by atoms with van der Waals surface area (Å²) in [6, 6.07) is 0. The molecule has 1 N–H and O–H groups in total. The number of hydrogen-bond donors (Lipinski definition) is 1. The number of aliphatic hydroxyl groups is 1. The largest absolute Gasteiger partial charge is 0.393 e. The second-order valence-electron chi connectivity index (χ2n) is 12.9. The third-order valence-corrected chi connectivity index (χ3v) is 11.5. The summed E-state index contributed by atoms with van der Waals surface area (Å²) in [5.41, 5.74) is -0.778. The molecule has 0 aromatic carbocycles. The molecule has 12 atom stereocenters. The van der Waals surface area contributed by atoms with E-state index in [1.807, 2.05) is 0 Å². The van der Waals surface area contributed by atoms with Crippen LogP contribution in [0.4, 0.5) is 0 Å². The SMILES string of the molecule is C[C@@H]1CC[C@@]2(OC1)O[C@H]1C[C@H]3[C@@H]4CC[C@H]5C[C@@H](O)CC[C@]5(C)[C@H]4C(=O)C(=O)[C@]3(C)[C@H]1[C@@H]2C. The Labute approximate surface area is 192 Å². The van der Waals surface area contributed by atoms with Crippen LogP contribution in [0.15, 0.2) is 0 Å². The Hall–Kier alpha value is -0.780. The Bertz CT molecular complexity index is 830. The van der Waals surface area contributed by atoms with Crippen LogP contribution in [0.3, 0.4) is 0 Å². The van der Waals surface area contributed by atoms with Gasteiger partial charge in [-0.25, -0.2) is 0 Å². The van der Waals surface area contributed by atoms with E-state index in [0.717, 1.165) is 51.4 Å². The molecule has 178 valence electrons. The molecule has 32 heavy (non-hydrogen) atoms. The van der Waals surface area contributed by atoms with Crippen molar-refractivity contribution in [3.63, 3.8) is 0 Å². The number of carbonyl (C=O) groups is 2. The summed E-state index contributed by atoms with van der Waals surface area (Å²) >= 11 is 0. The van der Waals surface area contributed by atoms with Crippen LogP contribution in [0.25, 0.3) is 0 Å². The number of Topliss-reactive ketones (excluding diaryl/α,β-unsaturated/α-hetero) is 2. The summed E-state index contributed by atoms with van der Waals surface area (Å²) in [6.45, 7) is 9.48. The van der Waals surface area contributed by atoms with Crippen LogP contribution in [0, 0.1) is 52.3 Å². The minimum Gasteiger partial charge on any atom is -0.393 e. The fourth-order valence-electron chi connectivity index (χ4n) is 9.79. The normalized spacial score (nSPS) is 59.5. The fraction of sp³-hybridized carbons (Fsp3) is 0.926. The van der Waals surface area contributed by atoms with E-state index in [1.54, 1.807) is 0 Å². The van der Waals surface area contributed by atoms with Crippen LogP contribution >= 0.6 is 0 Å². The van der Waals surface area contributed by atoms with Gasteiger partial charge in [-0.2, -0.15) is 0 Å². The molecule has 0 radical (unpaired) electrons. The molecule has 1 spiro atoms. The second-order valence-corrected chi connectivity index (χ2v) is 12.9. The van der Waals surface area contributed by atoms with Crippen LogP contribution in [-0.4, -0.2) is 41.3 Å². The van der Waals surface area contributed by atoms with E-state index in [2.05, 4.69) is 27.7 Å². The lowest BCUT2D eigenvalue weighted by Gasteiger charge is -2.59. The number of rotatable bonds is 0. The van der Waals surface area contributed by atoms with Gasteiger partial charge in [0.2, 0.25) is 11.6 Å². The third-order valence-electron chi connectivity index (χ3n) is 11.5. The van der Waals surface area contributed by atoms with Gasteiger partial charge in [-0.1, -0.05) is 27.7 Å². The van der Waals surface area contributed by atoms with Crippen LogP contribution in [0.5, 0.6) is 0 Å². The van der Waals surface area contributed by atoms with Gasteiger partial charge in [0.05, 0.1) is 18.8 Å². The highest BCUT2D eigenvalue weighted by molar-refractivity contribution is 6.41. The van der Waals surface area contributed by atoms with E-state index in [4.69, 9.17) is 9.47 Å². The fourth-order valence-corrected chi connectivity index (χ4v) is 9.79. The van der Waals surface area contributed by atoms with Crippen molar-refractivity contribution in [2.45, 2.75) is 97.1 Å². The van der Waals surface area contributed by atoms with E-state index < -0.39 is 11.2 Å².